The molecule has 1 heterocycles. The summed E-state index contributed by atoms with van der Waals surface area (Å²) in [5, 5.41) is 5.00. The van der Waals surface area contributed by atoms with E-state index in [0.717, 1.165) is 11.3 Å². The van der Waals surface area contributed by atoms with Crippen molar-refractivity contribution in [1.82, 2.24) is 10.6 Å². The van der Waals surface area contributed by atoms with E-state index in [-0.39, 0.29) is 5.91 Å². The van der Waals surface area contributed by atoms with Gasteiger partial charge in [-0.2, -0.15) is 0 Å². The maximum Gasteiger partial charge on any atom is 0.322 e. The van der Waals surface area contributed by atoms with Crippen molar-refractivity contribution in [3.05, 3.63) is 29.8 Å². The fourth-order valence-corrected chi connectivity index (χ4v) is 2.12. The Morgan fingerprint density at radius 3 is 2.33 bits per heavy atom. The first kappa shape index (κ1) is 12.4. The third kappa shape index (κ3) is 2.16. The third-order valence-corrected chi connectivity index (χ3v) is 3.28. The molecule has 0 spiro atoms. The van der Waals surface area contributed by atoms with Gasteiger partial charge in [0.05, 0.1) is 7.11 Å². The number of carbonyl (C=O) groups is 2. The van der Waals surface area contributed by atoms with E-state index < -0.39 is 11.6 Å². The molecule has 3 amide bonds. The van der Waals surface area contributed by atoms with Crippen LogP contribution in [0.15, 0.2) is 24.3 Å². The number of carbonyl (C=O) groups excluding carboxylic acids is 2. The summed E-state index contributed by atoms with van der Waals surface area (Å²) in [7, 11) is 1.60. The molecule has 5 heteroatoms. The van der Waals surface area contributed by atoms with Crippen LogP contribution in [0.25, 0.3) is 0 Å². The Labute approximate surface area is 106 Å². The summed E-state index contributed by atoms with van der Waals surface area (Å²) in [5.74, 6) is 0.509. The minimum Gasteiger partial charge on any atom is -0.497 e. The lowest BCUT2D eigenvalue weighted by Gasteiger charge is -2.24. The van der Waals surface area contributed by atoms with Crippen LogP contribution < -0.4 is 15.4 Å². The van der Waals surface area contributed by atoms with Gasteiger partial charge in [0.25, 0.3) is 5.91 Å². The van der Waals surface area contributed by atoms with Crippen LogP contribution in [0.4, 0.5) is 4.79 Å². The maximum absolute atomic E-state index is 11.8. The highest BCUT2D eigenvalue weighted by molar-refractivity contribution is 6.07. The lowest BCUT2D eigenvalue weighted by Crippen LogP contribution is -2.48. The van der Waals surface area contributed by atoms with Gasteiger partial charge in [0.1, 0.15) is 11.3 Å². The second-order valence-corrected chi connectivity index (χ2v) is 4.37. The van der Waals surface area contributed by atoms with Crippen molar-refractivity contribution >= 4 is 11.9 Å². The van der Waals surface area contributed by atoms with Gasteiger partial charge in [0.15, 0.2) is 0 Å². The summed E-state index contributed by atoms with van der Waals surface area (Å²) >= 11 is 0. The van der Waals surface area contributed by atoms with Crippen LogP contribution in [0.5, 0.6) is 5.75 Å². The molecule has 0 saturated carbocycles. The maximum atomic E-state index is 11.8. The molecule has 5 nitrogen and oxygen atoms in total. The zero-order chi connectivity index (χ0) is 13.2. The van der Waals surface area contributed by atoms with Gasteiger partial charge in [-0.3, -0.25) is 10.1 Å². The quantitative estimate of drug-likeness (QED) is 0.787. The van der Waals surface area contributed by atoms with Gasteiger partial charge >= 0.3 is 6.03 Å². The Kier molecular flexibility index (Phi) is 3.23. The molecule has 0 aliphatic carbocycles. The molecule has 96 valence electrons. The number of hydrogen-bond acceptors (Lipinski definition) is 3. The first-order valence-corrected chi connectivity index (χ1v) is 5.86. The lowest BCUT2D eigenvalue weighted by atomic mass is 9.88. The zero-order valence-corrected chi connectivity index (χ0v) is 10.4. The number of rotatable bonds is 4. The summed E-state index contributed by atoms with van der Waals surface area (Å²) in [4.78, 5) is 23.1. The highest BCUT2D eigenvalue weighted by Crippen LogP contribution is 2.22. The molecule has 1 aromatic rings. The minimum absolute atomic E-state index is 0.259. The number of urea groups is 1. The molecule has 0 bridgehead atoms. The molecule has 1 unspecified atom stereocenters. The van der Waals surface area contributed by atoms with Crippen molar-refractivity contribution in [1.29, 1.82) is 0 Å². The van der Waals surface area contributed by atoms with Crippen molar-refractivity contribution < 1.29 is 14.3 Å². The summed E-state index contributed by atoms with van der Waals surface area (Å²) in [5.41, 5.74) is 0.154. The van der Waals surface area contributed by atoms with Crippen LogP contribution in [0.2, 0.25) is 0 Å². The first-order chi connectivity index (χ1) is 8.59. The van der Waals surface area contributed by atoms with Crippen molar-refractivity contribution in [2.75, 3.05) is 7.11 Å². The molecule has 0 aromatic heterocycles. The number of benzene rings is 1. The minimum atomic E-state index is -0.828. The fourth-order valence-electron chi connectivity index (χ4n) is 2.12. The summed E-state index contributed by atoms with van der Waals surface area (Å²) in [6, 6.07) is 7.05. The Morgan fingerprint density at radius 2 is 1.89 bits per heavy atom. The van der Waals surface area contributed by atoms with Crippen LogP contribution in [0.3, 0.4) is 0 Å². The molecule has 2 N–H and O–H groups in total. The number of methoxy groups -OCH3 is 1. The topological polar surface area (TPSA) is 67.4 Å². The average molecular weight is 248 g/mol. The van der Waals surface area contributed by atoms with Crippen LogP contribution in [0, 0.1) is 0 Å². The number of nitrogens with one attached hydrogen (secondary N) is 2. The largest absolute Gasteiger partial charge is 0.497 e. The summed E-state index contributed by atoms with van der Waals surface area (Å²) < 4.78 is 5.08. The van der Waals surface area contributed by atoms with Crippen LogP contribution >= 0.6 is 0 Å². The molecule has 1 saturated heterocycles. The molecule has 1 atom stereocenters. The molecule has 1 aromatic carbocycles. The Balaban J connectivity index is 2.19. The van der Waals surface area contributed by atoms with Gasteiger partial charge in [0, 0.05) is 6.42 Å². The smallest absolute Gasteiger partial charge is 0.322 e. The van der Waals surface area contributed by atoms with Gasteiger partial charge in [-0.05, 0) is 24.1 Å². The van der Waals surface area contributed by atoms with E-state index in [2.05, 4.69) is 10.6 Å². The first-order valence-electron chi connectivity index (χ1n) is 5.86. The molecule has 1 aliphatic rings. The highest BCUT2D eigenvalue weighted by Gasteiger charge is 2.44. The van der Waals surface area contributed by atoms with E-state index in [9.17, 15) is 9.59 Å². The highest BCUT2D eigenvalue weighted by atomic mass is 16.5. The van der Waals surface area contributed by atoms with E-state index in [1.807, 2.05) is 31.2 Å². The van der Waals surface area contributed by atoms with Crippen molar-refractivity contribution in [2.24, 2.45) is 0 Å². The number of amides is 3. The zero-order valence-electron chi connectivity index (χ0n) is 10.4. The number of imide groups is 1. The SMILES string of the molecule is CCC1(Cc2ccc(OC)cc2)NC(=O)NC1=O. The van der Waals surface area contributed by atoms with Crippen molar-refractivity contribution in [2.45, 2.75) is 25.3 Å². The predicted molar refractivity (Wildman–Crippen MR) is 66.4 cm³/mol. The molecule has 2 rings (SSSR count). The summed E-state index contributed by atoms with van der Waals surface area (Å²) in [6.45, 7) is 1.88. The van der Waals surface area contributed by atoms with Gasteiger partial charge in [-0.1, -0.05) is 19.1 Å². The van der Waals surface area contributed by atoms with E-state index >= 15 is 0 Å². The molecular formula is C13H16N2O3. The average Bonchev–Trinajstić information content (AvgIpc) is 2.65. The van der Waals surface area contributed by atoms with E-state index in [0.29, 0.717) is 12.8 Å². The van der Waals surface area contributed by atoms with Gasteiger partial charge in [0.2, 0.25) is 0 Å². The van der Waals surface area contributed by atoms with Crippen LogP contribution in [-0.4, -0.2) is 24.6 Å². The normalized spacial score (nSPS) is 22.6. The molecule has 1 fully saturated rings. The molecular weight excluding hydrogens is 232 g/mol. The molecule has 18 heavy (non-hydrogen) atoms. The van der Waals surface area contributed by atoms with Gasteiger partial charge in [-0.15, -0.1) is 0 Å². The fraction of sp³-hybridized carbons (Fsp3) is 0.385. The summed E-state index contributed by atoms with van der Waals surface area (Å²) in [6.07, 6.45) is 1.03. The Hall–Kier alpha value is -2.04. The van der Waals surface area contributed by atoms with Crippen molar-refractivity contribution in [3.63, 3.8) is 0 Å². The van der Waals surface area contributed by atoms with E-state index in [4.69, 9.17) is 4.74 Å². The molecule has 1 aliphatic heterocycles. The predicted octanol–water partition coefficient (Wildman–Crippen LogP) is 1.23. The number of hydrogen-bond donors (Lipinski definition) is 2. The van der Waals surface area contributed by atoms with Gasteiger partial charge < -0.3 is 10.1 Å². The lowest BCUT2D eigenvalue weighted by molar-refractivity contribution is -0.124. The standard InChI is InChI=1S/C13H16N2O3/c1-3-13(11(16)14-12(17)15-13)8-9-4-6-10(18-2)7-5-9/h4-7H,3,8H2,1-2H3,(H2,14,15,16,17). The Morgan fingerprint density at radius 1 is 1.22 bits per heavy atom. The Bertz CT molecular complexity index is 470. The van der Waals surface area contributed by atoms with E-state index in [1.54, 1.807) is 7.11 Å². The third-order valence-electron chi connectivity index (χ3n) is 3.28. The van der Waals surface area contributed by atoms with Crippen LogP contribution in [-0.2, 0) is 11.2 Å². The monoisotopic (exact) mass is 248 g/mol. The second-order valence-electron chi connectivity index (χ2n) is 4.37. The second kappa shape index (κ2) is 4.68. The van der Waals surface area contributed by atoms with E-state index in [1.165, 1.54) is 0 Å². The van der Waals surface area contributed by atoms with Crippen LogP contribution in [0.1, 0.15) is 18.9 Å². The number of ether oxygens (including phenoxy) is 1. The van der Waals surface area contributed by atoms with Crippen molar-refractivity contribution in [3.8, 4) is 5.75 Å². The molecule has 0 radical (unpaired) electrons. The van der Waals surface area contributed by atoms with Gasteiger partial charge in [-0.25, -0.2) is 4.79 Å².